The quantitative estimate of drug-likeness (QED) is 0.452. The summed E-state index contributed by atoms with van der Waals surface area (Å²) in [5.74, 6) is 0.246. The van der Waals surface area contributed by atoms with Crippen molar-refractivity contribution in [3.05, 3.63) is 33.9 Å². The maximum Gasteiger partial charge on any atom is 0.310 e. The molecule has 0 heterocycles. The van der Waals surface area contributed by atoms with Gasteiger partial charge in [0.05, 0.1) is 23.0 Å². The molecule has 0 saturated carbocycles. The van der Waals surface area contributed by atoms with E-state index < -0.39 is 10.3 Å². The lowest BCUT2D eigenvalue weighted by Gasteiger charge is -2.15. The molecule has 0 bridgehead atoms. The minimum Gasteiger partial charge on any atom is -0.487 e. The summed E-state index contributed by atoms with van der Waals surface area (Å²) < 4.78 is 5.47. The third-order valence-electron chi connectivity index (χ3n) is 2.66. The molecule has 1 aromatic carbocycles. The first-order valence-electron chi connectivity index (χ1n) is 5.77. The number of alkyl halides is 1. The second kappa shape index (κ2) is 6.53. The molecule has 0 amide bonds. The minimum atomic E-state index is -0.498. The van der Waals surface area contributed by atoms with Crippen LogP contribution in [0.15, 0.2) is 18.2 Å². The van der Waals surface area contributed by atoms with Crippen LogP contribution in [0.4, 0.5) is 5.69 Å². The zero-order chi connectivity index (χ0) is 14.5. The van der Waals surface area contributed by atoms with Crippen LogP contribution in [-0.2, 0) is 5.33 Å². The topological polar surface area (TPSA) is 76.2 Å². The monoisotopic (exact) mass is 326 g/mol. The predicted molar refractivity (Wildman–Crippen MR) is 75.2 cm³/mol. The van der Waals surface area contributed by atoms with E-state index in [1.165, 1.54) is 6.07 Å². The maximum atomic E-state index is 10.9. The highest BCUT2D eigenvalue weighted by atomic mass is 79.9. The third-order valence-corrected chi connectivity index (χ3v) is 3.31. The van der Waals surface area contributed by atoms with Gasteiger partial charge in [-0.2, -0.15) is 5.26 Å². The molecule has 0 radical (unpaired) electrons. The number of nitro groups is 1. The molecule has 1 aromatic rings. The van der Waals surface area contributed by atoms with Crippen molar-refractivity contribution in [2.75, 3.05) is 6.61 Å². The standard InChI is InChI=1S/C13H15BrN2O3/c1-13(2,9-15)5-6-19-12-7-10(8-14)3-4-11(12)16(17)18/h3-4,7H,5-6,8H2,1-2H3. The van der Waals surface area contributed by atoms with E-state index in [4.69, 9.17) is 10.00 Å². The van der Waals surface area contributed by atoms with Gasteiger partial charge in [-0.1, -0.05) is 22.0 Å². The molecule has 0 unspecified atom stereocenters. The Bertz CT molecular complexity index is 509. The van der Waals surface area contributed by atoms with Gasteiger partial charge in [0, 0.05) is 11.4 Å². The van der Waals surface area contributed by atoms with E-state index in [1.54, 1.807) is 26.0 Å². The number of halogens is 1. The predicted octanol–water partition coefficient (Wildman–Crippen LogP) is 3.81. The van der Waals surface area contributed by atoms with Crippen molar-refractivity contribution in [2.45, 2.75) is 25.6 Å². The SMILES string of the molecule is CC(C)(C#N)CCOc1cc(CBr)ccc1[N+](=O)[O-]. The summed E-state index contributed by atoms with van der Waals surface area (Å²) in [6.45, 7) is 3.88. The second-order valence-electron chi connectivity index (χ2n) is 4.79. The van der Waals surface area contributed by atoms with E-state index in [0.717, 1.165) is 5.56 Å². The van der Waals surface area contributed by atoms with Gasteiger partial charge in [-0.05, 0) is 31.9 Å². The van der Waals surface area contributed by atoms with Crippen LogP contribution in [0.3, 0.4) is 0 Å². The molecule has 0 atom stereocenters. The molecule has 6 heteroatoms. The highest BCUT2D eigenvalue weighted by Crippen LogP contribution is 2.29. The van der Waals surface area contributed by atoms with Gasteiger partial charge in [0.15, 0.2) is 5.75 Å². The molecule has 0 spiro atoms. The van der Waals surface area contributed by atoms with Crippen molar-refractivity contribution in [1.29, 1.82) is 5.26 Å². The lowest BCUT2D eigenvalue weighted by atomic mass is 9.92. The zero-order valence-corrected chi connectivity index (χ0v) is 12.4. The fourth-order valence-corrected chi connectivity index (χ4v) is 1.73. The zero-order valence-electron chi connectivity index (χ0n) is 10.9. The van der Waals surface area contributed by atoms with Crippen LogP contribution >= 0.6 is 15.9 Å². The Morgan fingerprint density at radius 3 is 2.74 bits per heavy atom. The van der Waals surface area contributed by atoms with Crippen molar-refractivity contribution in [1.82, 2.24) is 0 Å². The number of benzene rings is 1. The smallest absolute Gasteiger partial charge is 0.310 e. The number of hydrogen-bond acceptors (Lipinski definition) is 4. The van der Waals surface area contributed by atoms with E-state index in [1.807, 2.05) is 0 Å². The molecule has 0 aliphatic heterocycles. The van der Waals surface area contributed by atoms with Crippen molar-refractivity contribution in [3.8, 4) is 11.8 Å². The van der Waals surface area contributed by atoms with Gasteiger partial charge < -0.3 is 4.74 Å². The molecule has 0 aliphatic carbocycles. The van der Waals surface area contributed by atoms with E-state index in [-0.39, 0.29) is 18.0 Å². The molecule has 102 valence electrons. The summed E-state index contributed by atoms with van der Waals surface area (Å²) in [4.78, 5) is 10.4. The van der Waals surface area contributed by atoms with Crippen LogP contribution in [-0.4, -0.2) is 11.5 Å². The summed E-state index contributed by atoms with van der Waals surface area (Å²) in [6, 6.07) is 6.92. The molecule has 5 nitrogen and oxygen atoms in total. The van der Waals surface area contributed by atoms with E-state index in [9.17, 15) is 10.1 Å². The van der Waals surface area contributed by atoms with Crippen LogP contribution in [0.1, 0.15) is 25.8 Å². The normalized spacial score (nSPS) is 10.8. The number of nitro benzene ring substituents is 1. The van der Waals surface area contributed by atoms with Crippen LogP contribution in [0.5, 0.6) is 5.75 Å². The average Bonchev–Trinajstić information content (AvgIpc) is 2.38. The van der Waals surface area contributed by atoms with Crippen molar-refractivity contribution in [3.63, 3.8) is 0 Å². The Labute approximate surface area is 120 Å². The minimum absolute atomic E-state index is 0.0561. The number of rotatable bonds is 6. The van der Waals surface area contributed by atoms with E-state index in [2.05, 4.69) is 22.0 Å². The molecule has 0 N–H and O–H groups in total. The highest BCUT2D eigenvalue weighted by Gasteiger charge is 2.19. The molecule has 0 fully saturated rings. The molecular weight excluding hydrogens is 312 g/mol. The summed E-state index contributed by atoms with van der Waals surface area (Å²) >= 11 is 3.30. The highest BCUT2D eigenvalue weighted by molar-refractivity contribution is 9.08. The summed E-state index contributed by atoms with van der Waals surface area (Å²) in [6.07, 6.45) is 0.513. The fraction of sp³-hybridized carbons (Fsp3) is 0.462. The number of nitrogens with zero attached hydrogens (tertiary/aromatic N) is 2. The van der Waals surface area contributed by atoms with Gasteiger partial charge in [-0.25, -0.2) is 0 Å². The van der Waals surface area contributed by atoms with Gasteiger partial charge in [-0.15, -0.1) is 0 Å². The van der Waals surface area contributed by atoms with Crippen molar-refractivity contribution < 1.29 is 9.66 Å². The number of nitriles is 1. The van der Waals surface area contributed by atoms with Crippen LogP contribution in [0.2, 0.25) is 0 Å². The Hall–Kier alpha value is -1.61. The average molecular weight is 327 g/mol. The van der Waals surface area contributed by atoms with Gasteiger partial charge >= 0.3 is 5.69 Å². The van der Waals surface area contributed by atoms with E-state index in [0.29, 0.717) is 11.8 Å². The first-order chi connectivity index (χ1) is 8.89. The Balaban J connectivity index is 2.81. The van der Waals surface area contributed by atoms with Crippen molar-refractivity contribution in [2.24, 2.45) is 5.41 Å². The van der Waals surface area contributed by atoms with Crippen LogP contribution < -0.4 is 4.74 Å². The molecule has 0 aromatic heterocycles. The van der Waals surface area contributed by atoms with Gasteiger partial charge in [0.2, 0.25) is 0 Å². The molecule has 1 rings (SSSR count). The first-order valence-corrected chi connectivity index (χ1v) is 6.89. The van der Waals surface area contributed by atoms with Crippen LogP contribution in [0, 0.1) is 26.9 Å². The third kappa shape index (κ3) is 4.52. The molecular formula is C13H15BrN2O3. The Morgan fingerprint density at radius 1 is 1.53 bits per heavy atom. The van der Waals surface area contributed by atoms with Gasteiger partial charge in [0.1, 0.15) is 0 Å². The fourth-order valence-electron chi connectivity index (χ4n) is 1.38. The summed E-state index contributed by atoms with van der Waals surface area (Å²) in [5.41, 5.74) is 0.349. The summed E-state index contributed by atoms with van der Waals surface area (Å²) in [5, 5.41) is 20.4. The summed E-state index contributed by atoms with van der Waals surface area (Å²) in [7, 11) is 0. The Kier molecular flexibility index (Phi) is 5.31. The lowest BCUT2D eigenvalue weighted by Crippen LogP contribution is -2.13. The Morgan fingerprint density at radius 2 is 2.21 bits per heavy atom. The van der Waals surface area contributed by atoms with Gasteiger partial charge in [-0.3, -0.25) is 10.1 Å². The van der Waals surface area contributed by atoms with Crippen LogP contribution in [0.25, 0.3) is 0 Å². The number of hydrogen-bond donors (Lipinski definition) is 0. The first kappa shape index (κ1) is 15.4. The molecule has 0 aliphatic rings. The number of ether oxygens (including phenoxy) is 1. The largest absolute Gasteiger partial charge is 0.487 e. The van der Waals surface area contributed by atoms with E-state index >= 15 is 0 Å². The maximum absolute atomic E-state index is 10.9. The van der Waals surface area contributed by atoms with Gasteiger partial charge in [0.25, 0.3) is 0 Å². The molecule has 0 saturated heterocycles. The second-order valence-corrected chi connectivity index (χ2v) is 5.35. The van der Waals surface area contributed by atoms with Crippen molar-refractivity contribution >= 4 is 21.6 Å². The molecule has 19 heavy (non-hydrogen) atoms. The lowest BCUT2D eigenvalue weighted by molar-refractivity contribution is -0.385.